The van der Waals surface area contributed by atoms with E-state index in [-0.39, 0.29) is 32.7 Å². The van der Waals surface area contributed by atoms with Crippen LogP contribution < -0.4 is 4.74 Å². The van der Waals surface area contributed by atoms with Crippen molar-refractivity contribution in [1.82, 2.24) is 0 Å². The van der Waals surface area contributed by atoms with E-state index in [0.717, 1.165) is 0 Å². The van der Waals surface area contributed by atoms with Crippen molar-refractivity contribution in [1.29, 1.82) is 0 Å². The number of halogens is 2. The van der Waals surface area contributed by atoms with Crippen molar-refractivity contribution in [3.8, 4) is 28.7 Å². The van der Waals surface area contributed by atoms with Gasteiger partial charge in [0.25, 0.3) is 0 Å². The van der Waals surface area contributed by atoms with E-state index in [4.69, 9.17) is 32.7 Å². The molecule has 1 spiro atoms. The van der Waals surface area contributed by atoms with Crippen LogP contribution in [0.25, 0.3) is 0 Å². The van der Waals surface area contributed by atoms with Gasteiger partial charge in [-0.1, -0.05) is 41.4 Å². The van der Waals surface area contributed by atoms with Crippen molar-refractivity contribution in [2.45, 2.75) is 5.60 Å². The van der Waals surface area contributed by atoms with E-state index < -0.39 is 28.8 Å². The first-order chi connectivity index (χ1) is 13.4. The van der Waals surface area contributed by atoms with Gasteiger partial charge in [0.05, 0.1) is 21.7 Å². The Labute approximate surface area is 168 Å². The molecule has 0 aromatic heterocycles. The minimum atomic E-state index is -1.53. The molecule has 1 unspecified atom stereocenters. The highest BCUT2D eigenvalue weighted by atomic mass is 35.5. The predicted molar refractivity (Wildman–Crippen MR) is 99.7 cm³/mol. The van der Waals surface area contributed by atoms with Gasteiger partial charge in [0, 0.05) is 5.56 Å². The maximum absolute atomic E-state index is 12.7. The molecule has 0 aliphatic carbocycles. The summed E-state index contributed by atoms with van der Waals surface area (Å²) in [6, 6.07) is 10.9. The molecule has 3 N–H and O–H groups in total. The number of carbonyl (C=O) groups excluding carboxylic acids is 1. The lowest BCUT2D eigenvalue weighted by molar-refractivity contribution is 0.0222. The smallest absolute Gasteiger partial charge is 0.340 e. The number of carbonyl (C=O) groups is 1. The minimum Gasteiger partial charge on any atom is -0.505 e. The van der Waals surface area contributed by atoms with E-state index in [9.17, 15) is 20.1 Å². The Morgan fingerprint density at radius 1 is 0.857 bits per heavy atom. The normalized spacial score (nSPS) is 18.9. The third-order valence-corrected chi connectivity index (χ3v) is 5.63. The summed E-state index contributed by atoms with van der Waals surface area (Å²) < 4.78 is 11.6. The lowest BCUT2D eigenvalue weighted by Gasteiger charge is -2.37. The van der Waals surface area contributed by atoms with Gasteiger partial charge in [-0.2, -0.15) is 0 Å². The van der Waals surface area contributed by atoms with Crippen LogP contribution in [0.5, 0.6) is 28.7 Å². The number of benzene rings is 3. The van der Waals surface area contributed by atoms with Crippen LogP contribution in [0.15, 0.2) is 42.5 Å². The van der Waals surface area contributed by atoms with Crippen molar-refractivity contribution >= 4 is 29.2 Å². The molecule has 140 valence electrons. The van der Waals surface area contributed by atoms with Crippen molar-refractivity contribution in [3.05, 3.63) is 74.8 Å². The van der Waals surface area contributed by atoms with Gasteiger partial charge in [0.15, 0.2) is 28.6 Å². The first-order valence-corrected chi connectivity index (χ1v) is 8.89. The zero-order chi connectivity index (χ0) is 19.8. The highest BCUT2D eigenvalue weighted by Gasteiger charge is 2.55. The van der Waals surface area contributed by atoms with Crippen LogP contribution in [0.1, 0.15) is 27.0 Å². The fourth-order valence-electron chi connectivity index (χ4n) is 3.76. The number of rotatable bonds is 0. The number of phenolic OH excluding ortho intramolecular Hbond substituents is 3. The Morgan fingerprint density at radius 3 is 2.39 bits per heavy atom. The Kier molecular flexibility index (Phi) is 3.33. The van der Waals surface area contributed by atoms with Crippen molar-refractivity contribution in [2.75, 3.05) is 0 Å². The molecular formula is C20H10Cl2O6. The molecule has 3 aromatic carbocycles. The molecule has 0 radical (unpaired) electrons. The van der Waals surface area contributed by atoms with E-state index in [1.165, 1.54) is 18.2 Å². The van der Waals surface area contributed by atoms with Crippen molar-refractivity contribution in [3.63, 3.8) is 0 Å². The molecule has 0 saturated heterocycles. The van der Waals surface area contributed by atoms with Gasteiger partial charge in [-0.15, -0.1) is 0 Å². The molecule has 2 heterocycles. The largest absolute Gasteiger partial charge is 0.505 e. The number of hydrogen-bond acceptors (Lipinski definition) is 6. The topological polar surface area (TPSA) is 96.2 Å². The van der Waals surface area contributed by atoms with Crippen LogP contribution in [0.3, 0.4) is 0 Å². The maximum Gasteiger partial charge on any atom is 0.340 e. The highest BCUT2D eigenvalue weighted by molar-refractivity contribution is 6.38. The fraction of sp³-hybridized carbons (Fsp3) is 0.0500. The maximum atomic E-state index is 12.7. The minimum absolute atomic E-state index is 0.0403. The van der Waals surface area contributed by atoms with Gasteiger partial charge in [-0.25, -0.2) is 4.79 Å². The molecule has 0 saturated carbocycles. The van der Waals surface area contributed by atoms with Gasteiger partial charge in [0.1, 0.15) is 5.02 Å². The van der Waals surface area contributed by atoms with E-state index >= 15 is 0 Å². The summed E-state index contributed by atoms with van der Waals surface area (Å²) in [5.74, 6) is -2.15. The molecule has 0 bridgehead atoms. The van der Waals surface area contributed by atoms with Crippen LogP contribution in [-0.2, 0) is 10.3 Å². The molecule has 0 amide bonds. The number of esters is 1. The number of ether oxygens (including phenoxy) is 2. The molecule has 5 rings (SSSR count). The molecule has 3 aromatic rings. The second-order valence-corrected chi connectivity index (χ2v) is 7.21. The van der Waals surface area contributed by atoms with Crippen LogP contribution in [-0.4, -0.2) is 21.3 Å². The molecule has 6 nitrogen and oxygen atoms in total. The highest BCUT2D eigenvalue weighted by Crippen LogP contribution is 2.62. The average molecular weight is 417 g/mol. The van der Waals surface area contributed by atoms with E-state index in [0.29, 0.717) is 11.1 Å². The van der Waals surface area contributed by atoms with Gasteiger partial charge >= 0.3 is 5.97 Å². The van der Waals surface area contributed by atoms with Crippen LogP contribution >= 0.6 is 23.2 Å². The molecule has 2 aliphatic rings. The lowest BCUT2D eigenvalue weighted by Crippen LogP contribution is -2.33. The molecule has 1 atom stereocenters. The number of hydrogen-bond donors (Lipinski definition) is 3. The van der Waals surface area contributed by atoms with Gasteiger partial charge in [-0.05, 0) is 24.3 Å². The monoisotopic (exact) mass is 416 g/mol. The number of phenols is 3. The molecule has 8 heteroatoms. The average Bonchev–Trinajstić information content (AvgIpc) is 2.98. The van der Waals surface area contributed by atoms with Gasteiger partial charge in [0.2, 0.25) is 5.75 Å². The Bertz CT molecular complexity index is 1210. The summed E-state index contributed by atoms with van der Waals surface area (Å²) in [6.45, 7) is 0. The molecule has 0 fully saturated rings. The molecule has 2 aliphatic heterocycles. The van der Waals surface area contributed by atoms with Crippen LogP contribution in [0.4, 0.5) is 0 Å². The third-order valence-electron chi connectivity index (χ3n) is 4.99. The third kappa shape index (κ3) is 1.91. The second kappa shape index (κ2) is 5.47. The first kappa shape index (κ1) is 17.0. The Morgan fingerprint density at radius 2 is 1.61 bits per heavy atom. The summed E-state index contributed by atoms with van der Waals surface area (Å²) in [5, 5.41) is 30.2. The fourth-order valence-corrected chi connectivity index (χ4v) is 4.25. The summed E-state index contributed by atoms with van der Waals surface area (Å²) in [4.78, 5) is 12.7. The Balaban J connectivity index is 1.97. The van der Waals surface area contributed by atoms with E-state index in [2.05, 4.69) is 0 Å². The van der Waals surface area contributed by atoms with Crippen LogP contribution in [0, 0.1) is 0 Å². The van der Waals surface area contributed by atoms with Gasteiger partial charge in [-0.3, -0.25) is 0 Å². The second-order valence-electron chi connectivity index (χ2n) is 6.43. The van der Waals surface area contributed by atoms with Crippen molar-refractivity contribution < 1.29 is 29.6 Å². The van der Waals surface area contributed by atoms with E-state index in [1.807, 2.05) is 0 Å². The van der Waals surface area contributed by atoms with Crippen molar-refractivity contribution in [2.24, 2.45) is 0 Å². The first-order valence-electron chi connectivity index (χ1n) is 8.13. The summed E-state index contributed by atoms with van der Waals surface area (Å²) >= 11 is 12.4. The van der Waals surface area contributed by atoms with Gasteiger partial charge < -0.3 is 24.8 Å². The zero-order valence-electron chi connectivity index (χ0n) is 13.9. The predicted octanol–water partition coefficient (Wildman–Crippen LogP) is 4.68. The zero-order valence-corrected chi connectivity index (χ0v) is 15.4. The molecule has 28 heavy (non-hydrogen) atoms. The quantitative estimate of drug-likeness (QED) is 0.363. The van der Waals surface area contributed by atoms with E-state index in [1.54, 1.807) is 24.3 Å². The van der Waals surface area contributed by atoms with Crippen LogP contribution in [0.2, 0.25) is 10.0 Å². The summed E-state index contributed by atoms with van der Waals surface area (Å²) in [7, 11) is 0. The standard InChI is InChI=1S/C20H10Cl2O6/c21-12-7-11-17(14(22)15(12)24)27-18-10(5-6-13(23)16(18)25)20(11)9-4-2-1-3-8(9)19(26)28-20/h1-7,23-25H. The number of aromatic hydroxyl groups is 3. The lowest BCUT2D eigenvalue weighted by atomic mass is 9.77. The number of fused-ring (bicyclic) bond motifs is 6. The Hall–Kier alpha value is -3.09. The SMILES string of the molecule is O=C1OC2(c3ccccc31)c1ccc(O)c(O)c1Oc1c2cc(Cl)c(O)c1Cl. The summed E-state index contributed by atoms with van der Waals surface area (Å²) in [5.41, 5.74) is -0.131. The molecular weight excluding hydrogens is 407 g/mol. The summed E-state index contributed by atoms with van der Waals surface area (Å²) in [6.07, 6.45) is 0.